The molecule has 2 amide bonds. The van der Waals surface area contributed by atoms with Gasteiger partial charge in [-0.05, 0) is 24.1 Å². The van der Waals surface area contributed by atoms with E-state index in [1.165, 1.54) is 0 Å². The number of carbonyl (C=O) groups is 2. The van der Waals surface area contributed by atoms with Crippen LogP contribution in [0.2, 0.25) is 0 Å². The van der Waals surface area contributed by atoms with E-state index in [0.717, 1.165) is 34.4 Å². The van der Waals surface area contributed by atoms with E-state index in [1.807, 2.05) is 66.9 Å². The number of hydrogen-bond donors (Lipinski definition) is 0. The fourth-order valence-electron chi connectivity index (χ4n) is 3.75. The Labute approximate surface area is 165 Å². The summed E-state index contributed by atoms with van der Waals surface area (Å²) >= 11 is 0. The van der Waals surface area contributed by atoms with E-state index in [0.29, 0.717) is 12.1 Å². The highest BCUT2D eigenvalue weighted by atomic mass is 16.2. The van der Waals surface area contributed by atoms with Crippen molar-refractivity contribution in [2.75, 3.05) is 6.54 Å². The van der Waals surface area contributed by atoms with Crippen LogP contribution in [0.5, 0.6) is 0 Å². The van der Waals surface area contributed by atoms with Gasteiger partial charge in [-0.25, -0.2) is 0 Å². The molecule has 2 aromatic carbocycles. The summed E-state index contributed by atoms with van der Waals surface area (Å²) in [6, 6.07) is 17.7. The summed E-state index contributed by atoms with van der Waals surface area (Å²) in [5.74, 6) is -0.0168. The lowest BCUT2D eigenvalue weighted by Crippen LogP contribution is -2.25. The number of rotatable bonds is 4. The molecule has 0 aliphatic carbocycles. The molecule has 0 fully saturated rings. The summed E-state index contributed by atoms with van der Waals surface area (Å²) in [5.41, 5.74) is 5.40. The van der Waals surface area contributed by atoms with E-state index in [4.69, 9.17) is 0 Å². The molecule has 2 aliphatic heterocycles. The van der Waals surface area contributed by atoms with Gasteiger partial charge in [0, 0.05) is 48.1 Å². The van der Waals surface area contributed by atoms with Gasteiger partial charge in [-0.2, -0.15) is 0 Å². The van der Waals surface area contributed by atoms with Crippen LogP contribution in [0.4, 0.5) is 0 Å². The second kappa shape index (κ2) is 7.31. The average molecular weight is 370 g/mol. The van der Waals surface area contributed by atoms with Crippen LogP contribution in [0.25, 0.3) is 11.3 Å². The van der Waals surface area contributed by atoms with E-state index in [2.05, 4.69) is 6.92 Å². The Morgan fingerprint density at radius 1 is 1.04 bits per heavy atom. The van der Waals surface area contributed by atoms with Crippen molar-refractivity contribution >= 4 is 23.1 Å². The summed E-state index contributed by atoms with van der Waals surface area (Å²) in [6.45, 7) is 4.29. The van der Waals surface area contributed by atoms with Gasteiger partial charge in [-0.3, -0.25) is 14.5 Å². The minimum atomic E-state index is -0.0219. The molecule has 0 bridgehead atoms. The molecule has 0 saturated heterocycles. The van der Waals surface area contributed by atoms with Crippen molar-refractivity contribution in [3.05, 3.63) is 95.3 Å². The molecule has 0 saturated carbocycles. The van der Waals surface area contributed by atoms with Crippen LogP contribution in [0.1, 0.15) is 41.8 Å². The highest BCUT2D eigenvalue weighted by Crippen LogP contribution is 2.44. The normalized spacial score (nSPS) is 16.4. The van der Waals surface area contributed by atoms with Crippen molar-refractivity contribution in [2.24, 2.45) is 0 Å². The molecule has 0 N–H and O–H groups in total. The molecule has 0 unspecified atom stereocenters. The van der Waals surface area contributed by atoms with Gasteiger partial charge in [0.2, 0.25) is 5.91 Å². The molecule has 0 spiro atoms. The zero-order valence-corrected chi connectivity index (χ0v) is 16.1. The Morgan fingerprint density at radius 3 is 2.39 bits per heavy atom. The molecule has 0 atom stereocenters. The minimum absolute atomic E-state index is 0.00508. The van der Waals surface area contributed by atoms with E-state index in [1.54, 1.807) is 22.9 Å². The van der Waals surface area contributed by atoms with Gasteiger partial charge in [-0.15, -0.1) is 0 Å². The van der Waals surface area contributed by atoms with Crippen LogP contribution in [0.3, 0.4) is 0 Å². The summed E-state index contributed by atoms with van der Waals surface area (Å²) in [6.07, 6.45) is 6.50. The highest BCUT2D eigenvalue weighted by Gasteiger charge is 2.36. The summed E-state index contributed by atoms with van der Waals surface area (Å²) in [5, 5.41) is 0. The number of fused-ring (bicyclic) bond motifs is 3. The number of hydrogen-bond acceptors (Lipinski definition) is 2. The molecule has 28 heavy (non-hydrogen) atoms. The van der Waals surface area contributed by atoms with Gasteiger partial charge < -0.3 is 4.90 Å². The Kier molecular flexibility index (Phi) is 4.70. The van der Waals surface area contributed by atoms with Crippen molar-refractivity contribution in [3.63, 3.8) is 0 Å². The number of amides is 2. The predicted octanol–water partition coefficient (Wildman–Crippen LogP) is 4.68. The summed E-state index contributed by atoms with van der Waals surface area (Å²) in [4.78, 5) is 28.5. The second-order valence-electron chi connectivity index (χ2n) is 6.92. The lowest BCUT2D eigenvalue weighted by molar-refractivity contribution is -0.126. The monoisotopic (exact) mass is 370 g/mol. The number of allylic oxidation sites excluding steroid dienone is 3. The maximum Gasteiger partial charge on any atom is 0.263 e. The first-order valence-electron chi connectivity index (χ1n) is 9.52. The van der Waals surface area contributed by atoms with Crippen LogP contribution < -0.4 is 0 Å². The standard InChI is InChI=1S/C24H22N2O2/c1-3-14-25(17(2)27)16-19-13-15-26-23(22(19)18-9-5-4-6-10-18)20-11-7-8-12-21(20)24(26)28/h4-13,15-16H,3,14H2,1-2H3. The Balaban J connectivity index is 1.96. The van der Waals surface area contributed by atoms with E-state index in [-0.39, 0.29) is 11.8 Å². The lowest BCUT2D eigenvalue weighted by Gasteiger charge is -2.26. The third kappa shape index (κ3) is 2.97. The zero-order valence-electron chi connectivity index (χ0n) is 16.1. The van der Waals surface area contributed by atoms with Gasteiger partial charge in [0.25, 0.3) is 5.91 Å². The fraction of sp³-hybridized carbons (Fsp3) is 0.167. The number of benzene rings is 2. The minimum Gasteiger partial charge on any atom is -0.319 e. The number of nitrogens with zero attached hydrogens (tertiary/aromatic N) is 2. The van der Waals surface area contributed by atoms with Gasteiger partial charge in [-0.1, -0.05) is 55.5 Å². The fourth-order valence-corrected chi connectivity index (χ4v) is 3.75. The predicted molar refractivity (Wildman–Crippen MR) is 111 cm³/mol. The first-order valence-corrected chi connectivity index (χ1v) is 9.52. The van der Waals surface area contributed by atoms with Crippen LogP contribution in [0.15, 0.2) is 78.6 Å². The lowest BCUT2D eigenvalue weighted by atomic mass is 9.91. The smallest absolute Gasteiger partial charge is 0.263 e. The molecule has 0 radical (unpaired) electrons. The van der Waals surface area contributed by atoms with Crippen LogP contribution in [-0.4, -0.2) is 28.2 Å². The van der Waals surface area contributed by atoms with Crippen molar-refractivity contribution in [1.82, 2.24) is 9.80 Å². The second-order valence-corrected chi connectivity index (χ2v) is 6.92. The molecule has 0 aromatic heterocycles. The molecule has 2 aromatic rings. The largest absolute Gasteiger partial charge is 0.319 e. The van der Waals surface area contributed by atoms with Crippen LogP contribution >= 0.6 is 0 Å². The van der Waals surface area contributed by atoms with Crippen molar-refractivity contribution in [2.45, 2.75) is 20.3 Å². The molecule has 140 valence electrons. The van der Waals surface area contributed by atoms with Gasteiger partial charge in [0.05, 0.1) is 5.70 Å². The molecule has 4 rings (SSSR count). The first-order chi connectivity index (χ1) is 13.6. The highest BCUT2D eigenvalue weighted by molar-refractivity contribution is 6.17. The van der Waals surface area contributed by atoms with Crippen molar-refractivity contribution in [1.29, 1.82) is 0 Å². The van der Waals surface area contributed by atoms with Crippen molar-refractivity contribution in [3.8, 4) is 0 Å². The maximum atomic E-state index is 12.9. The first kappa shape index (κ1) is 18.0. The molecule has 2 aliphatic rings. The third-order valence-corrected chi connectivity index (χ3v) is 5.03. The topological polar surface area (TPSA) is 40.6 Å². The van der Waals surface area contributed by atoms with Crippen molar-refractivity contribution < 1.29 is 9.59 Å². The molecular formula is C24H22N2O2. The maximum absolute atomic E-state index is 12.9. The van der Waals surface area contributed by atoms with E-state index < -0.39 is 0 Å². The molecule has 2 heterocycles. The van der Waals surface area contributed by atoms with Gasteiger partial charge in [0.1, 0.15) is 0 Å². The average Bonchev–Trinajstić information content (AvgIpc) is 3.01. The SMILES string of the molecule is CCCN(C=C1C=CN2C(=O)c3ccccc3C2=C1c1ccccc1)C(C)=O. The summed E-state index contributed by atoms with van der Waals surface area (Å²) < 4.78 is 0. The van der Waals surface area contributed by atoms with Crippen LogP contribution in [-0.2, 0) is 4.79 Å². The van der Waals surface area contributed by atoms with Gasteiger partial charge in [0.15, 0.2) is 0 Å². The summed E-state index contributed by atoms with van der Waals surface area (Å²) in [7, 11) is 0. The Hall–Kier alpha value is -3.40. The van der Waals surface area contributed by atoms with E-state index in [9.17, 15) is 9.59 Å². The third-order valence-electron chi connectivity index (χ3n) is 5.03. The van der Waals surface area contributed by atoms with E-state index >= 15 is 0 Å². The Morgan fingerprint density at radius 2 is 1.71 bits per heavy atom. The number of carbonyl (C=O) groups excluding carboxylic acids is 2. The van der Waals surface area contributed by atoms with Gasteiger partial charge >= 0.3 is 0 Å². The molecule has 4 heteroatoms. The quantitative estimate of drug-likeness (QED) is 0.784. The van der Waals surface area contributed by atoms with Crippen LogP contribution in [0, 0.1) is 0 Å². The Bertz CT molecular complexity index is 1030. The zero-order chi connectivity index (χ0) is 19.7. The molecule has 4 nitrogen and oxygen atoms in total. The molecular weight excluding hydrogens is 348 g/mol.